The van der Waals surface area contributed by atoms with Gasteiger partial charge in [-0.25, -0.2) is 4.79 Å². The SMILES string of the molecule is COC(=O)/C=C/CCNC(=O)CC1c2ccccc2CCN1C(C)=O. The molecule has 6 heteroatoms. The highest BCUT2D eigenvalue weighted by Crippen LogP contribution is 2.32. The van der Waals surface area contributed by atoms with Gasteiger partial charge in [-0.05, 0) is 24.0 Å². The van der Waals surface area contributed by atoms with Crippen LogP contribution in [0.15, 0.2) is 36.4 Å². The van der Waals surface area contributed by atoms with Crippen molar-refractivity contribution in [2.24, 2.45) is 0 Å². The molecule has 25 heavy (non-hydrogen) atoms. The number of rotatable bonds is 6. The lowest BCUT2D eigenvalue weighted by Crippen LogP contribution is -2.41. The summed E-state index contributed by atoms with van der Waals surface area (Å²) in [6.07, 6.45) is 4.58. The second-order valence-electron chi connectivity index (χ2n) is 5.95. The fraction of sp³-hybridized carbons (Fsp3) is 0.421. The van der Waals surface area contributed by atoms with E-state index in [2.05, 4.69) is 16.1 Å². The van der Waals surface area contributed by atoms with Crippen LogP contribution in [0, 0.1) is 0 Å². The topological polar surface area (TPSA) is 75.7 Å². The number of hydrogen-bond acceptors (Lipinski definition) is 4. The summed E-state index contributed by atoms with van der Waals surface area (Å²) in [6, 6.07) is 7.72. The van der Waals surface area contributed by atoms with Crippen LogP contribution in [0.4, 0.5) is 0 Å². The Morgan fingerprint density at radius 1 is 1.32 bits per heavy atom. The van der Waals surface area contributed by atoms with Crippen molar-refractivity contribution in [2.45, 2.75) is 32.2 Å². The molecule has 0 fully saturated rings. The van der Waals surface area contributed by atoms with Gasteiger partial charge in [0.15, 0.2) is 0 Å². The van der Waals surface area contributed by atoms with E-state index < -0.39 is 5.97 Å². The Hall–Kier alpha value is -2.63. The zero-order valence-electron chi connectivity index (χ0n) is 14.7. The van der Waals surface area contributed by atoms with E-state index in [1.807, 2.05) is 18.2 Å². The van der Waals surface area contributed by atoms with E-state index in [0.717, 1.165) is 12.0 Å². The largest absolute Gasteiger partial charge is 0.466 e. The van der Waals surface area contributed by atoms with Crippen LogP contribution in [-0.2, 0) is 25.5 Å². The van der Waals surface area contributed by atoms with Crippen LogP contribution < -0.4 is 5.32 Å². The third-order valence-electron chi connectivity index (χ3n) is 4.28. The van der Waals surface area contributed by atoms with Crippen molar-refractivity contribution in [3.63, 3.8) is 0 Å². The Morgan fingerprint density at radius 3 is 2.80 bits per heavy atom. The minimum absolute atomic E-state index is 0.0201. The average Bonchev–Trinajstić information content (AvgIpc) is 2.61. The van der Waals surface area contributed by atoms with E-state index in [0.29, 0.717) is 19.5 Å². The predicted molar refractivity (Wildman–Crippen MR) is 93.7 cm³/mol. The summed E-state index contributed by atoms with van der Waals surface area (Å²) >= 11 is 0. The van der Waals surface area contributed by atoms with Crippen LogP contribution in [0.2, 0.25) is 0 Å². The van der Waals surface area contributed by atoms with Crippen molar-refractivity contribution in [1.29, 1.82) is 0 Å². The number of esters is 1. The van der Waals surface area contributed by atoms with E-state index in [-0.39, 0.29) is 24.3 Å². The highest BCUT2D eigenvalue weighted by molar-refractivity contribution is 5.81. The molecule has 1 heterocycles. The number of hydrogen-bond donors (Lipinski definition) is 1. The molecular formula is C19H24N2O4. The smallest absolute Gasteiger partial charge is 0.330 e. The lowest BCUT2D eigenvalue weighted by Gasteiger charge is -2.36. The van der Waals surface area contributed by atoms with Crippen molar-refractivity contribution in [3.05, 3.63) is 47.5 Å². The predicted octanol–water partition coefficient (Wildman–Crippen LogP) is 1.76. The Morgan fingerprint density at radius 2 is 2.08 bits per heavy atom. The summed E-state index contributed by atoms with van der Waals surface area (Å²) in [7, 11) is 1.32. The third-order valence-corrected chi connectivity index (χ3v) is 4.28. The average molecular weight is 344 g/mol. The molecule has 1 aromatic carbocycles. The van der Waals surface area contributed by atoms with Crippen LogP contribution in [0.1, 0.15) is 36.9 Å². The van der Waals surface area contributed by atoms with Crippen LogP contribution in [-0.4, -0.2) is 42.9 Å². The Balaban J connectivity index is 1.94. The maximum atomic E-state index is 12.3. The maximum Gasteiger partial charge on any atom is 0.330 e. The minimum atomic E-state index is -0.415. The minimum Gasteiger partial charge on any atom is -0.466 e. The van der Waals surface area contributed by atoms with Gasteiger partial charge in [0.2, 0.25) is 11.8 Å². The quantitative estimate of drug-likeness (QED) is 0.485. The van der Waals surface area contributed by atoms with E-state index >= 15 is 0 Å². The Bertz CT molecular complexity index is 669. The summed E-state index contributed by atoms with van der Waals surface area (Å²) in [5.41, 5.74) is 2.24. The van der Waals surface area contributed by atoms with E-state index in [4.69, 9.17) is 0 Å². The monoisotopic (exact) mass is 344 g/mol. The summed E-state index contributed by atoms with van der Waals surface area (Å²) in [6.45, 7) is 2.60. The first-order chi connectivity index (χ1) is 12.0. The molecule has 0 aromatic heterocycles. The third kappa shape index (κ3) is 5.17. The van der Waals surface area contributed by atoms with Gasteiger partial charge in [-0.2, -0.15) is 0 Å². The number of nitrogens with one attached hydrogen (secondary N) is 1. The summed E-state index contributed by atoms with van der Waals surface area (Å²) in [5.74, 6) is -0.546. The highest BCUT2D eigenvalue weighted by atomic mass is 16.5. The van der Waals surface area contributed by atoms with Gasteiger partial charge < -0.3 is 15.0 Å². The molecule has 0 saturated carbocycles. The molecule has 1 aliphatic heterocycles. The van der Waals surface area contributed by atoms with Gasteiger partial charge in [0.25, 0.3) is 0 Å². The van der Waals surface area contributed by atoms with Crippen molar-refractivity contribution < 1.29 is 19.1 Å². The maximum absolute atomic E-state index is 12.3. The molecule has 1 unspecified atom stereocenters. The standard InChI is InChI=1S/C19H24N2O4/c1-14(22)21-12-10-15-7-3-4-8-16(15)17(21)13-18(23)20-11-6-5-9-19(24)25-2/h3-5,7-9,17H,6,10-13H2,1-2H3,(H,20,23)/b9-5+. The lowest BCUT2D eigenvalue weighted by molar-refractivity contribution is -0.135. The molecule has 0 bridgehead atoms. The number of carbonyl (C=O) groups is 3. The van der Waals surface area contributed by atoms with Crippen molar-refractivity contribution in [2.75, 3.05) is 20.2 Å². The number of fused-ring (bicyclic) bond motifs is 1. The number of ether oxygens (including phenoxy) is 1. The fourth-order valence-electron chi connectivity index (χ4n) is 3.04. The summed E-state index contributed by atoms with van der Waals surface area (Å²) < 4.78 is 4.50. The first-order valence-electron chi connectivity index (χ1n) is 8.39. The van der Waals surface area contributed by atoms with Gasteiger partial charge in [0, 0.05) is 26.1 Å². The van der Waals surface area contributed by atoms with Gasteiger partial charge in [0.05, 0.1) is 19.6 Å². The molecular weight excluding hydrogens is 320 g/mol. The van der Waals surface area contributed by atoms with Gasteiger partial charge >= 0.3 is 5.97 Å². The number of carbonyl (C=O) groups excluding carboxylic acids is 3. The van der Waals surface area contributed by atoms with Gasteiger partial charge in [-0.3, -0.25) is 9.59 Å². The van der Waals surface area contributed by atoms with Gasteiger partial charge in [0.1, 0.15) is 0 Å². The summed E-state index contributed by atoms with van der Waals surface area (Å²) in [4.78, 5) is 36.9. The van der Waals surface area contributed by atoms with E-state index in [9.17, 15) is 14.4 Å². The molecule has 1 atom stereocenters. The highest BCUT2D eigenvalue weighted by Gasteiger charge is 2.30. The normalized spacial score (nSPS) is 16.4. The molecule has 2 amide bonds. The van der Waals surface area contributed by atoms with E-state index in [1.165, 1.54) is 25.7 Å². The molecule has 1 aromatic rings. The van der Waals surface area contributed by atoms with Crippen molar-refractivity contribution in [3.8, 4) is 0 Å². The molecule has 1 N–H and O–H groups in total. The number of methoxy groups -OCH3 is 1. The first-order valence-corrected chi connectivity index (χ1v) is 8.39. The molecule has 0 aliphatic carbocycles. The molecule has 0 spiro atoms. The van der Waals surface area contributed by atoms with E-state index in [1.54, 1.807) is 11.0 Å². The van der Waals surface area contributed by atoms with Crippen molar-refractivity contribution >= 4 is 17.8 Å². The molecule has 2 rings (SSSR count). The Kier molecular flexibility index (Phi) is 6.74. The lowest BCUT2D eigenvalue weighted by atomic mass is 9.90. The number of nitrogens with zero attached hydrogens (tertiary/aromatic N) is 1. The van der Waals surface area contributed by atoms with Crippen LogP contribution in [0.25, 0.3) is 0 Å². The number of benzene rings is 1. The first kappa shape index (κ1) is 18.7. The van der Waals surface area contributed by atoms with Crippen LogP contribution >= 0.6 is 0 Å². The molecule has 6 nitrogen and oxygen atoms in total. The molecule has 1 aliphatic rings. The summed E-state index contributed by atoms with van der Waals surface area (Å²) in [5, 5.41) is 2.83. The molecule has 134 valence electrons. The van der Waals surface area contributed by atoms with Gasteiger partial charge in [-0.15, -0.1) is 0 Å². The zero-order chi connectivity index (χ0) is 18.2. The fourth-order valence-corrected chi connectivity index (χ4v) is 3.04. The number of amides is 2. The van der Waals surface area contributed by atoms with Crippen LogP contribution in [0.5, 0.6) is 0 Å². The Labute approximate surface area is 147 Å². The van der Waals surface area contributed by atoms with Crippen molar-refractivity contribution in [1.82, 2.24) is 10.2 Å². The van der Waals surface area contributed by atoms with Crippen LogP contribution in [0.3, 0.4) is 0 Å². The molecule has 0 saturated heterocycles. The second-order valence-corrected chi connectivity index (χ2v) is 5.95. The second kappa shape index (κ2) is 9.01. The van der Waals surface area contributed by atoms with Gasteiger partial charge in [-0.1, -0.05) is 30.3 Å². The zero-order valence-corrected chi connectivity index (χ0v) is 14.7. The molecule has 0 radical (unpaired) electrons.